The summed E-state index contributed by atoms with van der Waals surface area (Å²) in [6.45, 7) is 18.2. The number of hydrogen-bond donors (Lipinski definition) is 2. The molecular formula is C21H33BN2. The third-order valence-electron chi connectivity index (χ3n) is 4.73. The van der Waals surface area contributed by atoms with E-state index in [1.54, 1.807) is 0 Å². The van der Waals surface area contributed by atoms with Crippen molar-refractivity contribution in [2.45, 2.75) is 40.5 Å². The minimum absolute atomic E-state index is 0.517. The Bertz CT molecular complexity index is 629. The molecule has 1 aromatic carbocycles. The van der Waals surface area contributed by atoms with Crippen LogP contribution >= 0.6 is 0 Å². The topological polar surface area (TPSA) is 24.1 Å². The molecule has 0 heterocycles. The van der Waals surface area contributed by atoms with Gasteiger partial charge in [0.05, 0.1) is 0 Å². The summed E-state index contributed by atoms with van der Waals surface area (Å²) in [4.78, 5) is 0. The quantitative estimate of drug-likeness (QED) is 0.411. The van der Waals surface area contributed by atoms with Gasteiger partial charge < -0.3 is 10.6 Å². The lowest BCUT2D eigenvalue weighted by molar-refractivity contribution is 0.560. The highest BCUT2D eigenvalue weighted by atomic mass is 14.9. The number of nitrogens with one attached hydrogen (secondary N) is 2. The van der Waals surface area contributed by atoms with Crippen LogP contribution in [0.25, 0.3) is 0 Å². The van der Waals surface area contributed by atoms with E-state index >= 15 is 0 Å². The summed E-state index contributed by atoms with van der Waals surface area (Å²) in [6.07, 6.45) is 2.34. The molecule has 2 N–H and O–H groups in total. The van der Waals surface area contributed by atoms with Gasteiger partial charge in [0.2, 0.25) is 0 Å². The van der Waals surface area contributed by atoms with Crippen LogP contribution in [-0.2, 0) is 0 Å². The molecule has 0 radical (unpaired) electrons. The Kier molecular flexibility index (Phi) is 8.07. The number of anilines is 1. The highest BCUT2D eigenvalue weighted by Gasteiger charge is 2.14. The summed E-state index contributed by atoms with van der Waals surface area (Å²) in [6, 6.07) is 6.42. The summed E-state index contributed by atoms with van der Waals surface area (Å²) >= 11 is 0. The van der Waals surface area contributed by atoms with E-state index in [9.17, 15) is 0 Å². The first-order valence-electron chi connectivity index (χ1n) is 8.82. The van der Waals surface area contributed by atoms with Crippen molar-refractivity contribution in [3.8, 4) is 0 Å². The first-order chi connectivity index (χ1) is 11.3. The molecule has 0 spiro atoms. The molecule has 1 unspecified atom stereocenters. The summed E-state index contributed by atoms with van der Waals surface area (Å²) in [5.74, 6) is 0.517. The first kappa shape index (κ1) is 20.3. The smallest absolute Gasteiger partial charge is 0.139 e. The second-order valence-corrected chi connectivity index (χ2v) is 6.89. The number of allylic oxidation sites excluding steroid dienone is 2. The van der Waals surface area contributed by atoms with Gasteiger partial charge in [-0.25, -0.2) is 0 Å². The molecule has 3 heteroatoms. The molecule has 130 valence electrons. The van der Waals surface area contributed by atoms with Gasteiger partial charge in [0.1, 0.15) is 7.85 Å². The fourth-order valence-corrected chi connectivity index (χ4v) is 2.94. The van der Waals surface area contributed by atoms with Crippen LogP contribution in [-0.4, -0.2) is 21.4 Å². The van der Waals surface area contributed by atoms with Gasteiger partial charge in [0.25, 0.3) is 0 Å². The van der Waals surface area contributed by atoms with Crippen molar-refractivity contribution in [2.75, 3.05) is 18.9 Å². The van der Waals surface area contributed by atoms with E-state index in [4.69, 9.17) is 0 Å². The minimum Gasteiger partial charge on any atom is -0.356 e. The van der Waals surface area contributed by atoms with Crippen molar-refractivity contribution in [1.82, 2.24) is 5.32 Å². The van der Waals surface area contributed by atoms with Crippen molar-refractivity contribution < 1.29 is 0 Å². The summed E-state index contributed by atoms with van der Waals surface area (Å²) in [7, 11) is 4.13. The van der Waals surface area contributed by atoms with Crippen molar-refractivity contribution in [3.05, 3.63) is 59.3 Å². The monoisotopic (exact) mass is 324 g/mol. The van der Waals surface area contributed by atoms with Gasteiger partial charge >= 0.3 is 0 Å². The molecule has 0 aromatic heterocycles. The van der Waals surface area contributed by atoms with Gasteiger partial charge in [-0.15, -0.1) is 0 Å². The van der Waals surface area contributed by atoms with Crippen molar-refractivity contribution in [1.29, 1.82) is 0 Å². The second-order valence-electron chi connectivity index (χ2n) is 6.89. The molecule has 0 aliphatic heterocycles. The Hall–Kier alpha value is -1.74. The SMILES string of the molecule is Bc1ccc(NC(=C)/C(C(=C)C)=C(\C)C(C)CCCNC)cc1C. The van der Waals surface area contributed by atoms with E-state index in [1.165, 1.54) is 35.0 Å². The Labute approximate surface area is 149 Å². The normalized spacial score (nSPS) is 13.2. The summed E-state index contributed by atoms with van der Waals surface area (Å²) in [5.41, 5.74) is 8.20. The number of rotatable bonds is 9. The summed E-state index contributed by atoms with van der Waals surface area (Å²) in [5, 5.41) is 6.68. The molecule has 0 fully saturated rings. The van der Waals surface area contributed by atoms with Gasteiger partial charge in [-0.2, -0.15) is 0 Å². The molecule has 2 nitrogen and oxygen atoms in total. The van der Waals surface area contributed by atoms with Crippen molar-refractivity contribution >= 4 is 19.0 Å². The van der Waals surface area contributed by atoms with Crippen molar-refractivity contribution in [3.63, 3.8) is 0 Å². The van der Waals surface area contributed by atoms with E-state index in [0.29, 0.717) is 5.92 Å². The maximum absolute atomic E-state index is 4.28. The Morgan fingerprint density at radius 2 is 1.92 bits per heavy atom. The number of benzene rings is 1. The zero-order valence-electron chi connectivity index (χ0n) is 16.3. The van der Waals surface area contributed by atoms with Crippen LogP contribution in [0.4, 0.5) is 5.69 Å². The highest BCUT2D eigenvalue weighted by Crippen LogP contribution is 2.28. The van der Waals surface area contributed by atoms with Crippen LogP contribution in [0.2, 0.25) is 0 Å². The molecule has 0 saturated carbocycles. The number of hydrogen-bond acceptors (Lipinski definition) is 2. The standard InChI is InChI=1S/C21H33BN2/c1-14(2)21(17(5)15(3)9-8-12-23-7)18(6)24-19-10-11-20(22)16(4)13-19/h10-11,13,15,23-24H,1,6,8-9,12,22H2,2-5,7H3/b21-17+. The Balaban J connectivity index is 2.96. The maximum Gasteiger partial charge on any atom is 0.139 e. The van der Waals surface area contributed by atoms with Crippen LogP contribution in [0, 0.1) is 12.8 Å². The zero-order chi connectivity index (χ0) is 18.3. The van der Waals surface area contributed by atoms with Gasteiger partial charge in [-0.1, -0.05) is 42.7 Å². The molecule has 0 amide bonds. The molecule has 0 saturated heterocycles. The van der Waals surface area contributed by atoms with Gasteiger partial charge in [-0.3, -0.25) is 0 Å². The molecule has 1 aromatic rings. The van der Waals surface area contributed by atoms with Gasteiger partial charge in [-0.05, 0) is 76.4 Å². The van der Waals surface area contributed by atoms with Gasteiger partial charge in [0.15, 0.2) is 0 Å². The number of aryl methyl sites for hydroxylation is 1. The predicted octanol–water partition coefficient (Wildman–Crippen LogP) is 3.71. The first-order valence-corrected chi connectivity index (χ1v) is 8.82. The zero-order valence-corrected chi connectivity index (χ0v) is 16.3. The largest absolute Gasteiger partial charge is 0.356 e. The fourth-order valence-electron chi connectivity index (χ4n) is 2.94. The van der Waals surface area contributed by atoms with Crippen LogP contribution in [0.5, 0.6) is 0 Å². The third kappa shape index (κ3) is 5.72. The second kappa shape index (κ2) is 9.53. The van der Waals surface area contributed by atoms with E-state index in [1.807, 2.05) is 7.05 Å². The molecule has 24 heavy (non-hydrogen) atoms. The molecule has 1 atom stereocenters. The molecule has 1 rings (SSSR count). The third-order valence-corrected chi connectivity index (χ3v) is 4.73. The van der Waals surface area contributed by atoms with Crippen molar-refractivity contribution in [2.24, 2.45) is 5.92 Å². The molecule has 0 aliphatic carbocycles. The molecule has 0 bridgehead atoms. The fraction of sp³-hybridized carbons (Fsp3) is 0.429. The van der Waals surface area contributed by atoms with E-state index < -0.39 is 0 Å². The van der Waals surface area contributed by atoms with Crippen LogP contribution in [0.15, 0.2) is 53.8 Å². The van der Waals surface area contributed by atoms with Crippen LogP contribution in [0.3, 0.4) is 0 Å². The lowest BCUT2D eigenvalue weighted by atomic mass is 9.89. The predicted molar refractivity (Wildman–Crippen MR) is 112 cm³/mol. The minimum atomic E-state index is 0.517. The average molecular weight is 324 g/mol. The van der Waals surface area contributed by atoms with E-state index in [-0.39, 0.29) is 0 Å². The molecule has 0 aliphatic rings. The summed E-state index contributed by atoms with van der Waals surface area (Å²) < 4.78 is 0. The van der Waals surface area contributed by atoms with Crippen LogP contribution in [0.1, 0.15) is 39.2 Å². The maximum atomic E-state index is 4.28. The average Bonchev–Trinajstić information content (AvgIpc) is 2.50. The molecular weight excluding hydrogens is 291 g/mol. The Morgan fingerprint density at radius 1 is 1.25 bits per heavy atom. The van der Waals surface area contributed by atoms with Gasteiger partial charge in [0, 0.05) is 11.4 Å². The Morgan fingerprint density at radius 3 is 2.46 bits per heavy atom. The highest BCUT2D eigenvalue weighted by molar-refractivity contribution is 6.33. The van der Waals surface area contributed by atoms with E-state index in [0.717, 1.165) is 23.5 Å². The lowest BCUT2D eigenvalue weighted by Crippen LogP contribution is -2.12. The van der Waals surface area contributed by atoms with Crippen LogP contribution < -0.4 is 16.1 Å². The van der Waals surface area contributed by atoms with E-state index in [2.05, 4.69) is 77.5 Å². The lowest BCUT2D eigenvalue weighted by Gasteiger charge is -2.21.